The Bertz CT molecular complexity index is 756. The molecule has 1 fully saturated rings. The molecule has 0 radical (unpaired) electrons. The molecule has 0 spiro atoms. The van der Waals surface area contributed by atoms with Gasteiger partial charge in [-0.1, -0.05) is 12.1 Å². The monoisotopic (exact) mass is 357 g/mol. The van der Waals surface area contributed by atoms with Crippen LogP contribution in [0.5, 0.6) is 5.75 Å². The second-order valence-electron chi connectivity index (χ2n) is 6.75. The number of aromatic hydroxyl groups is 1. The number of halogens is 1. The number of hydrogen-bond acceptors (Lipinski definition) is 4. The Balaban J connectivity index is 1.69. The van der Waals surface area contributed by atoms with Crippen molar-refractivity contribution < 1.29 is 14.3 Å². The van der Waals surface area contributed by atoms with E-state index in [2.05, 4.69) is 4.90 Å². The van der Waals surface area contributed by atoms with E-state index in [0.29, 0.717) is 18.7 Å². The van der Waals surface area contributed by atoms with Crippen molar-refractivity contribution in [1.82, 2.24) is 9.80 Å². The molecule has 26 heavy (non-hydrogen) atoms. The van der Waals surface area contributed by atoms with Crippen LogP contribution >= 0.6 is 0 Å². The fourth-order valence-corrected chi connectivity index (χ4v) is 3.36. The minimum Gasteiger partial charge on any atom is -0.508 e. The molecule has 1 aliphatic heterocycles. The summed E-state index contributed by atoms with van der Waals surface area (Å²) in [5.41, 5.74) is 1.70. The normalized spacial score (nSPS) is 16.0. The predicted octanol–water partition coefficient (Wildman–Crippen LogP) is 2.48. The molecule has 1 saturated heterocycles. The van der Waals surface area contributed by atoms with Crippen molar-refractivity contribution in [2.75, 3.05) is 45.2 Å². The molecule has 1 amide bonds. The van der Waals surface area contributed by atoms with Gasteiger partial charge in [0.1, 0.15) is 17.6 Å². The molecule has 3 rings (SSSR count). The minimum atomic E-state index is -0.495. The number of likely N-dealkylation sites (N-methyl/N-ethyl adjacent to an activating group) is 1. The maximum Gasteiger partial charge on any atom is 0.244 e. The molecule has 1 unspecified atom stereocenters. The zero-order valence-corrected chi connectivity index (χ0v) is 15.1. The first kappa shape index (κ1) is 18.2. The van der Waals surface area contributed by atoms with Crippen molar-refractivity contribution >= 4 is 11.6 Å². The summed E-state index contributed by atoms with van der Waals surface area (Å²) in [6.45, 7) is 2.67. The van der Waals surface area contributed by atoms with Crippen LogP contribution in [0.4, 0.5) is 10.1 Å². The van der Waals surface area contributed by atoms with Gasteiger partial charge in [0.25, 0.3) is 0 Å². The van der Waals surface area contributed by atoms with Crippen molar-refractivity contribution in [2.24, 2.45) is 0 Å². The number of carbonyl (C=O) groups excluding carboxylic acids is 1. The van der Waals surface area contributed by atoms with Gasteiger partial charge in [0.2, 0.25) is 5.91 Å². The van der Waals surface area contributed by atoms with E-state index >= 15 is 0 Å². The SMILES string of the molecule is CN(C)C(C(=O)N1CCN(c2ccc(O)cc2)CC1)c1cccc(F)c1. The lowest BCUT2D eigenvalue weighted by Crippen LogP contribution is -2.51. The van der Waals surface area contributed by atoms with Crippen LogP contribution in [0.3, 0.4) is 0 Å². The second kappa shape index (κ2) is 7.74. The van der Waals surface area contributed by atoms with E-state index in [0.717, 1.165) is 18.8 Å². The predicted molar refractivity (Wildman–Crippen MR) is 99.7 cm³/mol. The third-order valence-corrected chi connectivity index (χ3v) is 4.72. The van der Waals surface area contributed by atoms with E-state index in [9.17, 15) is 14.3 Å². The molecule has 6 heteroatoms. The molecule has 2 aromatic rings. The first-order chi connectivity index (χ1) is 12.5. The lowest BCUT2D eigenvalue weighted by Gasteiger charge is -2.38. The molecular weight excluding hydrogens is 333 g/mol. The standard InChI is InChI=1S/C20H24FN3O2/c1-22(2)19(15-4-3-5-16(21)14-15)20(26)24-12-10-23(11-13-24)17-6-8-18(25)9-7-17/h3-9,14,19,25H,10-13H2,1-2H3. The first-order valence-electron chi connectivity index (χ1n) is 8.70. The highest BCUT2D eigenvalue weighted by molar-refractivity contribution is 5.83. The zero-order chi connectivity index (χ0) is 18.7. The lowest BCUT2D eigenvalue weighted by molar-refractivity contribution is -0.136. The van der Waals surface area contributed by atoms with Crippen molar-refractivity contribution in [1.29, 1.82) is 0 Å². The number of hydrogen-bond donors (Lipinski definition) is 1. The molecule has 1 atom stereocenters. The van der Waals surface area contributed by atoms with Crippen LogP contribution in [-0.4, -0.2) is 61.1 Å². The minimum absolute atomic E-state index is 0.00837. The number of nitrogens with zero attached hydrogens (tertiary/aromatic N) is 3. The van der Waals surface area contributed by atoms with E-state index in [1.54, 1.807) is 24.3 Å². The van der Waals surface area contributed by atoms with E-state index in [-0.39, 0.29) is 17.5 Å². The van der Waals surface area contributed by atoms with Gasteiger partial charge in [-0.05, 0) is 56.1 Å². The average Bonchev–Trinajstić information content (AvgIpc) is 2.62. The molecule has 0 bridgehead atoms. The molecule has 1 aliphatic rings. The van der Waals surface area contributed by atoms with Crippen LogP contribution in [0.15, 0.2) is 48.5 Å². The summed E-state index contributed by atoms with van der Waals surface area (Å²) in [5.74, 6) is -0.100. The number of benzene rings is 2. The van der Waals surface area contributed by atoms with Crippen LogP contribution < -0.4 is 4.90 Å². The molecule has 0 aliphatic carbocycles. The van der Waals surface area contributed by atoms with Crippen LogP contribution in [0, 0.1) is 5.82 Å². The van der Waals surface area contributed by atoms with E-state index in [4.69, 9.17) is 0 Å². The number of phenolic OH excluding ortho intramolecular Hbond substituents is 1. The molecule has 5 nitrogen and oxygen atoms in total. The number of phenols is 1. The van der Waals surface area contributed by atoms with Gasteiger partial charge in [-0.3, -0.25) is 9.69 Å². The molecular formula is C20H24FN3O2. The first-order valence-corrected chi connectivity index (χ1v) is 8.70. The van der Waals surface area contributed by atoms with E-state index in [1.165, 1.54) is 12.1 Å². The molecule has 138 valence electrons. The highest BCUT2D eigenvalue weighted by atomic mass is 19.1. The summed E-state index contributed by atoms with van der Waals surface area (Å²) in [4.78, 5) is 18.9. The number of carbonyl (C=O) groups is 1. The highest BCUT2D eigenvalue weighted by Crippen LogP contribution is 2.24. The number of amides is 1. The van der Waals surface area contributed by atoms with Crippen LogP contribution in [0.1, 0.15) is 11.6 Å². The van der Waals surface area contributed by atoms with Gasteiger partial charge in [0.05, 0.1) is 0 Å². The third kappa shape index (κ3) is 3.96. The molecule has 2 aromatic carbocycles. The largest absolute Gasteiger partial charge is 0.508 e. The maximum absolute atomic E-state index is 13.6. The fraction of sp³-hybridized carbons (Fsp3) is 0.350. The number of piperazine rings is 1. The summed E-state index contributed by atoms with van der Waals surface area (Å²) >= 11 is 0. The van der Waals surface area contributed by atoms with Gasteiger partial charge in [-0.2, -0.15) is 0 Å². The van der Waals surface area contributed by atoms with Crippen LogP contribution in [-0.2, 0) is 4.79 Å². The smallest absolute Gasteiger partial charge is 0.244 e. The number of rotatable bonds is 4. The highest BCUT2D eigenvalue weighted by Gasteiger charge is 2.30. The Morgan fingerprint density at radius 1 is 1.08 bits per heavy atom. The molecule has 0 saturated carbocycles. The Hall–Kier alpha value is -2.60. The van der Waals surface area contributed by atoms with Crippen molar-refractivity contribution in [2.45, 2.75) is 6.04 Å². The third-order valence-electron chi connectivity index (χ3n) is 4.72. The molecule has 1 N–H and O–H groups in total. The van der Waals surface area contributed by atoms with Gasteiger partial charge in [0.15, 0.2) is 0 Å². The maximum atomic E-state index is 13.6. The van der Waals surface area contributed by atoms with E-state index < -0.39 is 6.04 Å². The molecule has 1 heterocycles. The average molecular weight is 357 g/mol. The van der Waals surface area contributed by atoms with Gasteiger partial charge >= 0.3 is 0 Å². The summed E-state index contributed by atoms with van der Waals surface area (Å²) in [6, 6.07) is 12.8. The fourth-order valence-electron chi connectivity index (χ4n) is 3.36. The lowest BCUT2D eigenvalue weighted by atomic mass is 10.0. The Labute approximate surface area is 153 Å². The van der Waals surface area contributed by atoms with Gasteiger partial charge in [0, 0.05) is 31.9 Å². The second-order valence-corrected chi connectivity index (χ2v) is 6.75. The van der Waals surface area contributed by atoms with Crippen LogP contribution in [0.25, 0.3) is 0 Å². The summed E-state index contributed by atoms with van der Waals surface area (Å²) in [7, 11) is 3.67. The molecule has 0 aromatic heterocycles. The summed E-state index contributed by atoms with van der Waals surface area (Å²) in [6.07, 6.45) is 0. The Kier molecular flexibility index (Phi) is 5.42. The summed E-state index contributed by atoms with van der Waals surface area (Å²) in [5, 5.41) is 9.41. The van der Waals surface area contributed by atoms with Crippen LogP contribution in [0.2, 0.25) is 0 Å². The topological polar surface area (TPSA) is 47.0 Å². The quantitative estimate of drug-likeness (QED) is 0.913. The Morgan fingerprint density at radius 2 is 1.73 bits per heavy atom. The number of anilines is 1. The van der Waals surface area contributed by atoms with Crippen molar-refractivity contribution in [3.8, 4) is 5.75 Å². The zero-order valence-electron chi connectivity index (χ0n) is 15.1. The Morgan fingerprint density at radius 3 is 2.31 bits per heavy atom. The van der Waals surface area contributed by atoms with Gasteiger partial charge in [-0.15, -0.1) is 0 Å². The van der Waals surface area contributed by atoms with Gasteiger partial charge in [-0.25, -0.2) is 4.39 Å². The van der Waals surface area contributed by atoms with Crippen molar-refractivity contribution in [3.05, 3.63) is 59.9 Å². The summed E-state index contributed by atoms with van der Waals surface area (Å²) < 4.78 is 13.6. The van der Waals surface area contributed by atoms with Crippen molar-refractivity contribution in [3.63, 3.8) is 0 Å². The van der Waals surface area contributed by atoms with E-state index in [1.807, 2.05) is 36.0 Å². The van der Waals surface area contributed by atoms with Gasteiger partial charge < -0.3 is 14.9 Å².